The number of amides is 1. The highest BCUT2D eigenvalue weighted by Gasteiger charge is 2.53. The molecule has 0 radical (unpaired) electrons. The first kappa shape index (κ1) is 59.5. The van der Waals surface area contributed by atoms with Crippen molar-refractivity contribution in [2.24, 2.45) is 35.3 Å². The van der Waals surface area contributed by atoms with Crippen LogP contribution in [0.4, 0.5) is 14.5 Å². The van der Waals surface area contributed by atoms with Crippen LogP contribution in [0.25, 0.3) is 0 Å². The Kier molecular flexibility index (Phi) is 22.8. The molecule has 73 heavy (non-hydrogen) atoms. The minimum Gasteiger partial charge on any atom is -0.461 e. The Morgan fingerprint density at radius 1 is 0.904 bits per heavy atom. The van der Waals surface area contributed by atoms with E-state index < -0.39 is 90.5 Å². The maximum atomic E-state index is 14.5. The van der Waals surface area contributed by atoms with Crippen LogP contribution < -0.4 is 15.8 Å². The Balaban J connectivity index is 1.49. The lowest BCUT2D eigenvalue weighted by molar-refractivity contribution is -0.263. The van der Waals surface area contributed by atoms with Crippen LogP contribution in [-0.2, 0) is 38.1 Å². The van der Waals surface area contributed by atoms with Crippen molar-refractivity contribution in [3.63, 3.8) is 0 Å². The van der Waals surface area contributed by atoms with Crippen molar-refractivity contribution >= 4 is 29.1 Å². The summed E-state index contributed by atoms with van der Waals surface area (Å²) in [6.45, 7) is 8.05. The molecule has 4 aliphatic rings. The Morgan fingerprint density at radius 2 is 1.66 bits per heavy atom. The number of ketones is 2. The largest absolute Gasteiger partial charge is 0.461 e. The number of nitrogens with zero attached hydrogens (tertiary/aromatic N) is 1. The number of hydrogen-bond acceptors (Lipinski definition) is 14. The lowest BCUT2D eigenvalue weighted by atomic mass is 9.78. The summed E-state index contributed by atoms with van der Waals surface area (Å²) >= 11 is 0. The number of cyclic esters (lactones) is 1. The zero-order valence-corrected chi connectivity index (χ0v) is 44.1. The van der Waals surface area contributed by atoms with Crippen LogP contribution in [0.5, 0.6) is 5.75 Å². The van der Waals surface area contributed by atoms with E-state index in [1.54, 1.807) is 39.2 Å². The highest BCUT2D eigenvalue weighted by Crippen LogP contribution is 2.38. The van der Waals surface area contributed by atoms with Gasteiger partial charge in [-0.15, -0.1) is 0 Å². The van der Waals surface area contributed by atoms with Crippen molar-refractivity contribution in [1.82, 2.24) is 4.90 Å². The number of carbonyl (C=O) groups excluding carboxylic acids is 4. The van der Waals surface area contributed by atoms with Gasteiger partial charge in [-0.3, -0.25) is 14.4 Å². The van der Waals surface area contributed by atoms with E-state index in [2.05, 4.69) is 10.1 Å². The fourth-order valence-corrected chi connectivity index (χ4v) is 11.0. The molecule has 1 aromatic carbocycles. The van der Waals surface area contributed by atoms with Crippen LogP contribution in [0.15, 0.2) is 71.9 Å². The summed E-state index contributed by atoms with van der Waals surface area (Å²) in [6, 6.07) is 3.88. The first-order valence-corrected chi connectivity index (χ1v) is 26.3. The number of Topliss-reactive ketones (excluding diaryl/α,β-unsaturated/α-hetero) is 2. The molecule has 2 saturated heterocycles. The number of aliphatic hydroxyl groups is 3. The maximum absolute atomic E-state index is 14.5. The summed E-state index contributed by atoms with van der Waals surface area (Å²) in [7, 11) is 2.97. The van der Waals surface area contributed by atoms with Gasteiger partial charge in [0.15, 0.2) is 5.78 Å². The van der Waals surface area contributed by atoms with Crippen molar-refractivity contribution in [3.05, 3.63) is 71.9 Å². The molecule has 1 aliphatic carbocycles. The van der Waals surface area contributed by atoms with Gasteiger partial charge < -0.3 is 55.0 Å². The van der Waals surface area contributed by atoms with E-state index in [0.717, 1.165) is 12.0 Å². The molecule has 1 amide bonds. The standard InChI is InChI=1S/C56H83F2N3O12/c1-33-15-10-9-11-16-34(2)44(60-41-17-14-18-42(31-41)71-55(57)58)32-43-23-20-38(6)56(68,73-43)52(65)53(66)61-26-13-12-19-45(61)54(67)72-47(35(3)28-39-21-24-46(62)48(30-39)69-7)25-22-40(59)29-37(5)50(64)51(70-8)49(63)36(4)27-33/h9-11,14-18,29,31,33,35-36,38-40,43-48,50-51,55,60,62,64,68H,12-13,19-28,30,32,59H2,1-8H3/b11-9+,15-10+,34-16+,37-29+/t33-,35-,36?,38?,39?,40+,43+,44-,45?,46-,47+,48?,50?,51+,56?/m1/s1. The van der Waals surface area contributed by atoms with Gasteiger partial charge in [0, 0.05) is 56.4 Å². The molecule has 5 rings (SSSR count). The van der Waals surface area contributed by atoms with E-state index in [1.165, 1.54) is 24.1 Å². The van der Waals surface area contributed by atoms with E-state index in [0.29, 0.717) is 75.5 Å². The number of piperidine rings is 1. The average Bonchev–Trinajstić information content (AvgIpc) is 3.35. The number of halogens is 2. The smallest absolute Gasteiger partial charge is 0.387 e. The maximum Gasteiger partial charge on any atom is 0.387 e. The number of fused-ring (bicyclic) bond motifs is 3. The number of alkyl halides is 2. The predicted molar refractivity (Wildman–Crippen MR) is 273 cm³/mol. The number of aliphatic hydroxyl groups excluding tert-OH is 2. The van der Waals surface area contributed by atoms with Gasteiger partial charge in [-0.05, 0) is 133 Å². The summed E-state index contributed by atoms with van der Waals surface area (Å²) in [4.78, 5) is 58.4. The number of benzene rings is 1. The van der Waals surface area contributed by atoms with E-state index in [9.17, 15) is 43.3 Å². The van der Waals surface area contributed by atoms with Gasteiger partial charge >= 0.3 is 12.6 Å². The number of nitrogens with one attached hydrogen (secondary N) is 1. The first-order chi connectivity index (χ1) is 34.6. The van der Waals surface area contributed by atoms with Crippen LogP contribution in [-0.4, -0.2) is 132 Å². The number of anilines is 1. The summed E-state index contributed by atoms with van der Waals surface area (Å²) in [5.74, 6) is -7.03. The number of allylic oxidation sites excluding steroid dienone is 5. The number of rotatable bonds is 9. The molecule has 15 nitrogen and oxygen atoms in total. The van der Waals surface area contributed by atoms with Crippen molar-refractivity contribution in [3.8, 4) is 5.75 Å². The van der Waals surface area contributed by atoms with Gasteiger partial charge in [-0.1, -0.05) is 75.8 Å². The lowest BCUT2D eigenvalue weighted by Crippen LogP contribution is -2.61. The molecule has 0 aromatic heterocycles. The molecule has 0 spiro atoms. The minimum atomic E-state index is -3.03. The SMILES string of the molecule is COC1CC(C[C@@H](C)[C@@H]2CC[C@H](N)/C=C(\C)C(O)[C@@H](OC)C(=O)C(C)C[C@H](C)/C=C/C=C/C=C(\C)[C@H](Nc3cccc(OC(F)F)c3)C[C@@H]3CCC(C)C(O)(O3)C(=O)C(=O)N3CCCCC3C(=O)O2)CC[C@H]1O. The average molecular weight is 1030 g/mol. The van der Waals surface area contributed by atoms with E-state index >= 15 is 0 Å². The molecule has 17 heteroatoms. The van der Waals surface area contributed by atoms with Crippen molar-refractivity contribution in [2.75, 3.05) is 26.1 Å². The molecule has 15 atom stereocenters. The fraction of sp³-hybridized carbons (Fsp3) is 0.679. The van der Waals surface area contributed by atoms with Crippen LogP contribution in [0.3, 0.4) is 0 Å². The van der Waals surface area contributed by atoms with Crippen LogP contribution in [0, 0.1) is 29.6 Å². The Bertz CT molecular complexity index is 2120. The summed E-state index contributed by atoms with van der Waals surface area (Å²) in [5.41, 5.74) is 8.41. The number of esters is 1. The molecule has 7 unspecified atom stereocenters. The van der Waals surface area contributed by atoms with E-state index in [4.69, 9.17) is 24.7 Å². The molecule has 1 aromatic rings. The molecule has 6 N–H and O–H groups in total. The van der Waals surface area contributed by atoms with Gasteiger partial charge in [0.05, 0.1) is 18.3 Å². The number of ether oxygens (including phenoxy) is 5. The monoisotopic (exact) mass is 1030 g/mol. The van der Waals surface area contributed by atoms with Crippen LogP contribution in [0.2, 0.25) is 0 Å². The number of hydrogen-bond donors (Lipinski definition) is 5. The zero-order valence-electron chi connectivity index (χ0n) is 44.1. The zero-order chi connectivity index (χ0) is 53.6. The Labute approximate surface area is 430 Å². The molecular formula is C56H83F2N3O12. The molecule has 3 fully saturated rings. The third-order valence-corrected chi connectivity index (χ3v) is 15.5. The molecular weight excluding hydrogens is 945 g/mol. The van der Waals surface area contributed by atoms with E-state index in [-0.39, 0.29) is 54.8 Å². The predicted octanol–water partition coefficient (Wildman–Crippen LogP) is 7.76. The van der Waals surface area contributed by atoms with Crippen molar-refractivity contribution in [1.29, 1.82) is 0 Å². The van der Waals surface area contributed by atoms with Gasteiger partial charge in [-0.2, -0.15) is 8.78 Å². The molecule has 408 valence electrons. The normalized spacial score (nSPS) is 37.2. The number of nitrogens with two attached hydrogens (primary N) is 1. The number of carbonyl (C=O) groups is 4. The third-order valence-electron chi connectivity index (χ3n) is 15.5. The minimum absolute atomic E-state index is 0.0305. The fourth-order valence-electron chi connectivity index (χ4n) is 11.0. The summed E-state index contributed by atoms with van der Waals surface area (Å²) in [5, 5.41) is 37.6. The van der Waals surface area contributed by atoms with Crippen LogP contribution >= 0.6 is 0 Å². The highest BCUT2D eigenvalue weighted by atomic mass is 19.3. The number of methoxy groups -OCH3 is 2. The molecule has 3 heterocycles. The molecule has 2 bridgehead atoms. The lowest BCUT2D eigenvalue weighted by Gasteiger charge is -2.43. The highest BCUT2D eigenvalue weighted by molar-refractivity contribution is 6.39. The van der Waals surface area contributed by atoms with Crippen molar-refractivity contribution < 1.29 is 67.0 Å². The van der Waals surface area contributed by atoms with Gasteiger partial charge in [-0.25, -0.2) is 4.79 Å². The quantitative estimate of drug-likeness (QED) is 0.0908. The summed E-state index contributed by atoms with van der Waals surface area (Å²) < 4.78 is 54.9. The van der Waals surface area contributed by atoms with Crippen molar-refractivity contribution in [2.45, 2.75) is 192 Å². The Morgan fingerprint density at radius 3 is 2.37 bits per heavy atom. The van der Waals surface area contributed by atoms with E-state index in [1.807, 2.05) is 58.1 Å². The summed E-state index contributed by atoms with van der Waals surface area (Å²) in [6.07, 6.45) is 12.4. The van der Waals surface area contributed by atoms with Crippen LogP contribution in [0.1, 0.15) is 125 Å². The second-order valence-electron chi connectivity index (χ2n) is 21.3. The topological polar surface area (TPSA) is 216 Å². The van der Waals surface area contributed by atoms with Gasteiger partial charge in [0.25, 0.3) is 11.7 Å². The second kappa shape index (κ2) is 28.0. The molecule has 1 saturated carbocycles. The first-order valence-electron chi connectivity index (χ1n) is 26.3. The second-order valence-corrected chi connectivity index (χ2v) is 21.3. The van der Waals surface area contributed by atoms with Gasteiger partial charge in [0.2, 0.25) is 5.79 Å². The third kappa shape index (κ3) is 16.6. The van der Waals surface area contributed by atoms with Gasteiger partial charge in [0.1, 0.15) is 30.1 Å². The Hall–Kier alpha value is -4.36. The molecule has 3 aliphatic heterocycles.